The maximum absolute atomic E-state index is 8.31. The van der Waals surface area contributed by atoms with Crippen molar-refractivity contribution < 1.29 is 5.11 Å². The van der Waals surface area contributed by atoms with E-state index in [1.54, 1.807) is 11.8 Å². The molecule has 0 radical (unpaired) electrons. The first-order valence-corrected chi connectivity index (χ1v) is 4.23. The second-order valence-electron chi connectivity index (χ2n) is 1.23. The molecule has 1 unspecified atom stereocenters. The van der Waals surface area contributed by atoms with E-state index >= 15 is 0 Å². The molecular weight excluding hydrogens is 120 g/mol. The third-order valence-corrected chi connectivity index (χ3v) is 1.61. The highest BCUT2D eigenvalue weighted by atomic mass is 32.2. The Bertz CT molecular complexity index is 27.7. The van der Waals surface area contributed by atoms with Crippen LogP contribution in [0.1, 0.15) is 20.8 Å². The third-order valence-electron chi connectivity index (χ3n) is 0.659. The summed E-state index contributed by atoms with van der Waals surface area (Å²) in [6, 6.07) is 0. The standard InChI is InChI=1S/C4H10OS.C2H6/c1-4(3-5)6-2;1-2/h4-5H,3H2,1-2H3;1-2H3. The van der Waals surface area contributed by atoms with Gasteiger partial charge in [-0.2, -0.15) is 11.8 Å². The topological polar surface area (TPSA) is 20.2 Å². The Morgan fingerprint density at radius 3 is 1.88 bits per heavy atom. The molecule has 0 amide bonds. The Hall–Kier alpha value is 0.310. The number of thioether (sulfide) groups is 1. The normalized spacial score (nSPS) is 11.6. The van der Waals surface area contributed by atoms with Crippen molar-refractivity contribution in [3.05, 3.63) is 0 Å². The van der Waals surface area contributed by atoms with E-state index in [0.717, 1.165) is 0 Å². The van der Waals surface area contributed by atoms with Gasteiger partial charge in [-0.15, -0.1) is 0 Å². The van der Waals surface area contributed by atoms with Gasteiger partial charge in [0.1, 0.15) is 0 Å². The summed E-state index contributed by atoms with van der Waals surface area (Å²) in [5.74, 6) is 0. The van der Waals surface area contributed by atoms with Crippen LogP contribution in [0.4, 0.5) is 0 Å². The second-order valence-corrected chi connectivity index (χ2v) is 2.51. The van der Waals surface area contributed by atoms with Crippen molar-refractivity contribution in [2.75, 3.05) is 12.9 Å². The van der Waals surface area contributed by atoms with Crippen LogP contribution < -0.4 is 0 Å². The van der Waals surface area contributed by atoms with Gasteiger partial charge >= 0.3 is 0 Å². The van der Waals surface area contributed by atoms with Crippen LogP contribution in [-0.2, 0) is 0 Å². The number of aliphatic hydroxyl groups is 1. The van der Waals surface area contributed by atoms with Crippen molar-refractivity contribution >= 4 is 11.8 Å². The van der Waals surface area contributed by atoms with Gasteiger partial charge in [-0.05, 0) is 6.26 Å². The Morgan fingerprint density at radius 1 is 1.50 bits per heavy atom. The molecule has 0 bridgehead atoms. The summed E-state index contributed by atoms with van der Waals surface area (Å²) in [5.41, 5.74) is 0. The van der Waals surface area contributed by atoms with Crippen LogP contribution in [0.15, 0.2) is 0 Å². The van der Waals surface area contributed by atoms with Gasteiger partial charge in [0, 0.05) is 5.25 Å². The lowest BCUT2D eigenvalue weighted by Crippen LogP contribution is -1.99. The maximum Gasteiger partial charge on any atom is 0.0547 e. The smallest absolute Gasteiger partial charge is 0.0547 e. The molecule has 0 heterocycles. The monoisotopic (exact) mass is 136 g/mol. The molecule has 1 N–H and O–H groups in total. The molecule has 0 spiro atoms. The molecule has 0 aliphatic rings. The first-order valence-electron chi connectivity index (χ1n) is 2.95. The van der Waals surface area contributed by atoms with Crippen LogP contribution in [0, 0.1) is 0 Å². The van der Waals surface area contributed by atoms with Gasteiger partial charge in [-0.25, -0.2) is 0 Å². The van der Waals surface area contributed by atoms with Crippen molar-refractivity contribution in [1.82, 2.24) is 0 Å². The van der Waals surface area contributed by atoms with Crippen molar-refractivity contribution in [2.24, 2.45) is 0 Å². The van der Waals surface area contributed by atoms with Crippen molar-refractivity contribution in [2.45, 2.75) is 26.0 Å². The zero-order valence-electron chi connectivity index (χ0n) is 6.14. The van der Waals surface area contributed by atoms with Gasteiger partial charge in [-0.3, -0.25) is 0 Å². The third kappa shape index (κ3) is 9.58. The molecule has 0 rings (SSSR count). The highest BCUT2D eigenvalue weighted by Crippen LogP contribution is 2.01. The van der Waals surface area contributed by atoms with Gasteiger partial charge in [0.05, 0.1) is 6.61 Å². The average molecular weight is 136 g/mol. The summed E-state index contributed by atoms with van der Waals surface area (Å²) in [5, 5.41) is 8.72. The van der Waals surface area contributed by atoms with E-state index in [1.165, 1.54) is 0 Å². The van der Waals surface area contributed by atoms with Gasteiger partial charge in [0.2, 0.25) is 0 Å². The Morgan fingerprint density at radius 2 is 1.88 bits per heavy atom. The molecule has 0 aromatic carbocycles. The molecule has 1 atom stereocenters. The number of rotatable bonds is 2. The average Bonchev–Trinajstić information content (AvgIpc) is 1.91. The molecule has 0 saturated heterocycles. The van der Waals surface area contributed by atoms with Crippen LogP contribution in [0.5, 0.6) is 0 Å². The summed E-state index contributed by atoms with van der Waals surface area (Å²) in [7, 11) is 0. The molecule has 0 aliphatic heterocycles. The molecule has 0 fully saturated rings. The summed E-state index contributed by atoms with van der Waals surface area (Å²) in [6.07, 6.45) is 1.99. The predicted octanol–water partition coefficient (Wildman–Crippen LogP) is 1.76. The first-order chi connectivity index (χ1) is 3.81. The van der Waals surface area contributed by atoms with Crippen LogP contribution in [-0.4, -0.2) is 23.2 Å². The summed E-state index contributed by atoms with van der Waals surface area (Å²) in [4.78, 5) is 0. The van der Waals surface area contributed by atoms with E-state index in [-0.39, 0.29) is 0 Å². The highest BCUT2D eigenvalue weighted by molar-refractivity contribution is 7.99. The summed E-state index contributed by atoms with van der Waals surface area (Å²) in [6.45, 7) is 6.28. The fourth-order valence-electron chi connectivity index (χ4n) is 0.0745. The Labute approximate surface area is 56.5 Å². The summed E-state index contributed by atoms with van der Waals surface area (Å²) < 4.78 is 0. The molecule has 0 aromatic rings. The zero-order chi connectivity index (χ0) is 6.99. The lowest BCUT2D eigenvalue weighted by molar-refractivity contribution is 0.300. The van der Waals surface area contributed by atoms with E-state index < -0.39 is 0 Å². The van der Waals surface area contributed by atoms with Crippen LogP contribution in [0.2, 0.25) is 0 Å². The molecule has 0 saturated carbocycles. The van der Waals surface area contributed by atoms with Crippen molar-refractivity contribution in [1.29, 1.82) is 0 Å². The molecule has 1 nitrogen and oxygen atoms in total. The highest BCUT2D eigenvalue weighted by Gasteiger charge is 1.90. The van der Waals surface area contributed by atoms with Gasteiger partial charge in [-0.1, -0.05) is 20.8 Å². The molecule has 0 aromatic heterocycles. The predicted molar refractivity (Wildman–Crippen MR) is 41.4 cm³/mol. The van der Waals surface area contributed by atoms with Gasteiger partial charge < -0.3 is 5.11 Å². The Balaban J connectivity index is 0. The van der Waals surface area contributed by atoms with E-state index in [0.29, 0.717) is 11.9 Å². The molecule has 52 valence electrons. The van der Waals surface area contributed by atoms with E-state index in [1.807, 2.05) is 27.0 Å². The lowest BCUT2D eigenvalue weighted by atomic mass is 10.5. The molecule has 0 aliphatic carbocycles. The minimum atomic E-state index is 0.293. The van der Waals surface area contributed by atoms with E-state index in [4.69, 9.17) is 5.11 Å². The SMILES string of the molecule is CC.CSC(C)CO. The molecule has 8 heavy (non-hydrogen) atoms. The molecule has 2 heteroatoms. The first kappa shape index (κ1) is 11.2. The molecular formula is C6H16OS. The fraction of sp³-hybridized carbons (Fsp3) is 1.00. The quantitative estimate of drug-likeness (QED) is 0.624. The fourth-order valence-corrected chi connectivity index (χ4v) is 0.224. The Kier molecular flexibility index (Phi) is 14.4. The van der Waals surface area contributed by atoms with Crippen LogP contribution in [0.25, 0.3) is 0 Å². The zero-order valence-corrected chi connectivity index (χ0v) is 6.96. The van der Waals surface area contributed by atoms with Gasteiger partial charge in [0.15, 0.2) is 0 Å². The van der Waals surface area contributed by atoms with Crippen molar-refractivity contribution in [3.63, 3.8) is 0 Å². The van der Waals surface area contributed by atoms with Crippen LogP contribution in [0.3, 0.4) is 0 Å². The maximum atomic E-state index is 8.31. The number of hydrogen-bond acceptors (Lipinski definition) is 2. The van der Waals surface area contributed by atoms with Crippen molar-refractivity contribution in [3.8, 4) is 0 Å². The summed E-state index contributed by atoms with van der Waals surface area (Å²) >= 11 is 1.67. The largest absolute Gasteiger partial charge is 0.395 e. The van der Waals surface area contributed by atoms with E-state index in [9.17, 15) is 0 Å². The number of hydrogen-bond donors (Lipinski definition) is 1. The minimum absolute atomic E-state index is 0.293. The van der Waals surface area contributed by atoms with Gasteiger partial charge in [0.25, 0.3) is 0 Å². The van der Waals surface area contributed by atoms with Crippen LogP contribution >= 0.6 is 11.8 Å². The second kappa shape index (κ2) is 10.3. The minimum Gasteiger partial charge on any atom is -0.395 e. The lowest BCUT2D eigenvalue weighted by Gasteiger charge is -1.98. The number of aliphatic hydroxyl groups excluding tert-OH is 1. The van der Waals surface area contributed by atoms with E-state index in [2.05, 4.69) is 0 Å².